The van der Waals surface area contributed by atoms with Gasteiger partial charge in [0.05, 0.1) is 5.69 Å². The molecule has 2 aromatic rings. The quantitative estimate of drug-likeness (QED) is 0.706. The molecule has 2 aromatic carbocycles. The second-order valence-electron chi connectivity index (χ2n) is 4.04. The van der Waals surface area contributed by atoms with Crippen molar-refractivity contribution >= 4 is 37.5 Å². The predicted molar refractivity (Wildman–Crippen MR) is 75.8 cm³/mol. The maximum absolute atomic E-state index is 10.3. The van der Waals surface area contributed by atoms with Crippen LogP contribution in [0.15, 0.2) is 39.3 Å². The van der Waals surface area contributed by atoms with Crippen molar-refractivity contribution in [3.8, 4) is 11.1 Å². The topological polar surface area (TPSA) is 46.2 Å². The number of hydrogen-bond donors (Lipinski definition) is 2. The highest BCUT2D eigenvalue weighted by molar-refractivity contribution is 9.11. The van der Waals surface area contributed by atoms with Gasteiger partial charge in [0, 0.05) is 14.5 Å². The van der Waals surface area contributed by atoms with Gasteiger partial charge in [0.1, 0.15) is 6.10 Å². The van der Waals surface area contributed by atoms with Crippen molar-refractivity contribution in [2.24, 2.45) is 0 Å². The number of nitrogens with two attached hydrogens (primary N) is 1. The minimum absolute atomic E-state index is 0.606. The van der Waals surface area contributed by atoms with Crippen molar-refractivity contribution < 1.29 is 5.11 Å². The second-order valence-corrected chi connectivity index (χ2v) is 5.68. The van der Waals surface area contributed by atoms with Crippen LogP contribution in [0.4, 0.5) is 5.69 Å². The molecule has 0 spiro atoms. The third kappa shape index (κ3) is 1.48. The van der Waals surface area contributed by atoms with Crippen LogP contribution in [0, 0.1) is 0 Å². The van der Waals surface area contributed by atoms with E-state index in [1.165, 1.54) is 0 Å². The van der Waals surface area contributed by atoms with Crippen LogP contribution in [-0.2, 0) is 0 Å². The van der Waals surface area contributed by atoms with Gasteiger partial charge in [-0.25, -0.2) is 0 Å². The lowest BCUT2D eigenvalue weighted by atomic mass is 10.1. The summed E-state index contributed by atoms with van der Waals surface area (Å²) < 4.78 is 1.61. The first kappa shape index (κ1) is 11.3. The number of fused-ring (bicyclic) bond motifs is 3. The first-order chi connectivity index (χ1) is 8.11. The number of hydrogen-bond acceptors (Lipinski definition) is 2. The normalized spacial score (nSPS) is 16.8. The van der Waals surface area contributed by atoms with E-state index in [-0.39, 0.29) is 0 Å². The van der Waals surface area contributed by atoms with Gasteiger partial charge in [0.15, 0.2) is 0 Å². The van der Waals surface area contributed by atoms with Gasteiger partial charge in [-0.15, -0.1) is 0 Å². The maximum atomic E-state index is 10.3. The molecule has 0 saturated carbocycles. The van der Waals surface area contributed by atoms with E-state index in [4.69, 9.17) is 5.73 Å². The summed E-state index contributed by atoms with van der Waals surface area (Å²) in [6.45, 7) is 0. The minimum atomic E-state index is -0.606. The Balaban J connectivity index is 2.39. The summed E-state index contributed by atoms with van der Waals surface area (Å²) in [6.07, 6.45) is -0.606. The maximum Gasteiger partial charge on any atom is 0.106 e. The number of nitrogen functional groups attached to an aromatic ring is 1. The molecular weight excluding hydrogens is 346 g/mol. The van der Waals surface area contributed by atoms with Crippen LogP contribution < -0.4 is 5.73 Å². The molecule has 0 unspecified atom stereocenters. The monoisotopic (exact) mass is 353 g/mol. The average molecular weight is 355 g/mol. The van der Waals surface area contributed by atoms with E-state index in [0.29, 0.717) is 5.69 Å². The van der Waals surface area contributed by atoms with Gasteiger partial charge in [0.25, 0.3) is 0 Å². The molecule has 0 heterocycles. The Hall–Kier alpha value is -0.840. The lowest BCUT2D eigenvalue weighted by molar-refractivity contribution is 0.224. The van der Waals surface area contributed by atoms with E-state index in [1.54, 1.807) is 0 Å². The van der Waals surface area contributed by atoms with Crippen molar-refractivity contribution in [1.82, 2.24) is 0 Å². The Morgan fingerprint density at radius 2 is 1.82 bits per heavy atom. The van der Waals surface area contributed by atoms with Crippen LogP contribution in [0.5, 0.6) is 0 Å². The zero-order valence-corrected chi connectivity index (χ0v) is 11.9. The second kappa shape index (κ2) is 3.83. The smallest absolute Gasteiger partial charge is 0.106 e. The van der Waals surface area contributed by atoms with Crippen LogP contribution in [-0.4, -0.2) is 5.11 Å². The Kier molecular flexibility index (Phi) is 2.54. The summed E-state index contributed by atoms with van der Waals surface area (Å²) in [6, 6.07) is 9.82. The zero-order chi connectivity index (χ0) is 12.2. The number of aliphatic hydroxyl groups is 1. The zero-order valence-electron chi connectivity index (χ0n) is 8.74. The largest absolute Gasteiger partial charge is 0.397 e. The highest BCUT2D eigenvalue weighted by Crippen LogP contribution is 2.49. The fourth-order valence-corrected chi connectivity index (χ4v) is 3.61. The molecule has 3 N–H and O–H groups in total. The molecule has 0 bridgehead atoms. The molecule has 0 aliphatic heterocycles. The molecule has 86 valence electrons. The van der Waals surface area contributed by atoms with Gasteiger partial charge in [-0.2, -0.15) is 0 Å². The van der Waals surface area contributed by atoms with Gasteiger partial charge < -0.3 is 10.8 Å². The molecule has 2 nitrogen and oxygen atoms in total. The molecule has 0 radical (unpaired) electrons. The summed E-state index contributed by atoms with van der Waals surface area (Å²) in [7, 11) is 0. The predicted octanol–water partition coefficient (Wildman–Crippen LogP) is 3.86. The number of rotatable bonds is 0. The van der Waals surface area contributed by atoms with Crippen LogP contribution in [0.1, 0.15) is 17.2 Å². The van der Waals surface area contributed by atoms with Crippen LogP contribution >= 0.6 is 31.9 Å². The summed E-state index contributed by atoms with van der Waals surface area (Å²) in [4.78, 5) is 0. The molecule has 1 aliphatic rings. The SMILES string of the molecule is Nc1c(Br)cc2c(c1Br)[C@@H](O)c1ccccc1-2. The standard InChI is InChI=1S/C13H9Br2NO/c14-9-5-8-6-3-1-2-4-7(6)13(17)10(8)11(15)12(9)16/h1-5,13,17H,16H2/t13-/m0/s1. The number of halogens is 2. The number of aliphatic hydroxyl groups excluding tert-OH is 1. The average Bonchev–Trinajstić information content (AvgIpc) is 2.61. The fourth-order valence-electron chi connectivity index (χ4n) is 2.28. The first-order valence-electron chi connectivity index (χ1n) is 5.16. The molecule has 3 rings (SSSR count). The Morgan fingerprint density at radius 1 is 1.12 bits per heavy atom. The van der Waals surface area contributed by atoms with E-state index in [2.05, 4.69) is 31.9 Å². The summed E-state index contributed by atoms with van der Waals surface area (Å²) in [5.41, 5.74) is 10.4. The molecule has 1 aliphatic carbocycles. The molecule has 0 amide bonds. The van der Waals surface area contributed by atoms with Crippen molar-refractivity contribution in [1.29, 1.82) is 0 Å². The van der Waals surface area contributed by atoms with E-state index in [0.717, 1.165) is 31.2 Å². The molecule has 4 heteroatoms. The van der Waals surface area contributed by atoms with Gasteiger partial charge in [-0.05, 0) is 54.6 Å². The van der Waals surface area contributed by atoms with Gasteiger partial charge >= 0.3 is 0 Å². The Bertz CT molecular complexity index is 625. The third-order valence-corrected chi connectivity index (χ3v) is 4.62. The van der Waals surface area contributed by atoms with Crippen LogP contribution in [0.2, 0.25) is 0 Å². The van der Waals surface area contributed by atoms with E-state index >= 15 is 0 Å². The highest BCUT2D eigenvalue weighted by atomic mass is 79.9. The molecule has 0 fully saturated rings. The summed E-state index contributed by atoms with van der Waals surface area (Å²) in [5.74, 6) is 0. The van der Waals surface area contributed by atoms with Crippen LogP contribution in [0.3, 0.4) is 0 Å². The van der Waals surface area contributed by atoms with E-state index in [1.807, 2.05) is 30.3 Å². The number of benzene rings is 2. The van der Waals surface area contributed by atoms with Gasteiger partial charge in [0.2, 0.25) is 0 Å². The minimum Gasteiger partial charge on any atom is -0.397 e. The first-order valence-corrected chi connectivity index (χ1v) is 6.74. The van der Waals surface area contributed by atoms with Crippen molar-refractivity contribution in [2.45, 2.75) is 6.10 Å². The van der Waals surface area contributed by atoms with Crippen molar-refractivity contribution in [3.63, 3.8) is 0 Å². The Labute approximate surface area is 116 Å². The lowest BCUT2D eigenvalue weighted by Gasteiger charge is -2.11. The van der Waals surface area contributed by atoms with Crippen molar-refractivity contribution in [3.05, 3.63) is 50.4 Å². The molecule has 17 heavy (non-hydrogen) atoms. The molecule has 1 atom stereocenters. The van der Waals surface area contributed by atoms with E-state index in [9.17, 15) is 5.11 Å². The fraction of sp³-hybridized carbons (Fsp3) is 0.0769. The molecule has 0 saturated heterocycles. The van der Waals surface area contributed by atoms with Gasteiger partial charge in [-0.1, -0.05) is 24.3 Å². The van der Waals surface area contributed by atoms with Gasteiger partial charge in [-0.3, -0.25) is 0 Å². The molecular formula is C13H9Br2NO. The Morgan fingerprint density at radius 3 is 2.59 bits per heavy atom. The summed E-state index contributed by atoms with van der Waals surface area (Å²) >= 11 is 6.90. The lowest BCUT2D eigenvalue weighted by Crippen LogP contribution is -1.98. The highest BCUT2D eigenvalue weighted by Gasteiger charge is 2.30. The molecule has 0 aromatic heterocycles. The van der Waals surface area contributed by atoms with Crippen LogP contribution in [0.25, 0.3) is 11.1 Å². The van der Waals surface area contributed by atoms with E-state index < -0.39 is 6.10 Å². The van der Waals surface area contributed by atoms with Crippen molar-refractivity contribution in [2.75, 3.05) is 5.73 Å². The third-order valence-electron chi connectivity index (χ3n) is 3.11. The number of anilines is 1. The summed E-state index contributed by atoms with van der Waals surface area (Å²) in [5, 5.41) is 10.3.